The van der Waals surface area contributed by atoms with E-state index >= 15 is 0 Å². The number of aryl methyl sites for hydroxylation is 1. The molecule has 2 fully saturated rings. The number of halogens is 4. The van der Waals surface area contributed by atoms with Gasteiger partial charge in [-0.3, -0.25) is 14.7 Å². The smallest absolute Gasteiger partial charge is 0.367 e. The van der Waals surface area contributed by atoms with Crippen LogP contribution in [0.4, 0.5) is 17.6 Å². The molecular weight excluding hydrogens is 605 g/mol. The van der Waals surface area contributed by atoms with Gasteiger partial charge in [0.15, 0.2) is 0 Å². The van der Waals surface area contributed by atoms with Gasteiger partial charge >= 0.3 is 11.8 Å². The molecule has 11 heteroatoms. The SMILES string of the molecule is Cc1cccc(C(C(=O)O)N(C)CCC(CCN2CCCCC2)c2cncc(C(C)(F)F)c2)c1C1CCC(OC(F)(F)P)CC1. The average Bonchev–Trinajstić information content (AvgIpc) is 2.97. The van der Waals surface area contributed by atoms with Crippen molar-refractivity contribution < 1.29 is 32.2 Å². The fraction of sp³-hybridized carbons (Fsp3) is 0.647. The van der Waals surface area contributed by atoms with Gasteiger partial charge in [-0.25, -0.2) is 8.78 Å². The summed E-state index contributed by atoms with van der Waals surface area (Å²) in [5, 5.41) is 10.5. The number of carbonyl (C=O) groups is 1. The van der Waals surface area contributed by atoms with Gasteiger partial charge < -0.3 is 14.7 Å². The van der Waals surface area contributed by atoms with Crippen molar-refractivity contribution in [3.63, 3.8) is 0 Å². The second-order valence-corrected chi connectivity index (χ2v) is 13.7. The van der Waals surface area contributed by atoms with Crippen LogP contribution in [0, 0.1) is 6.92 Å². The molecule has 1 aromatic heterocycles. The number of ether oxygens (including phenoxy) is 1. The first-order chi connectivity index (χ1) is 21.2. The molecule has 1 saturated carbocycles. The van der Waals surface area contributed by atoms with Crippen molar-refractivity contribution in [3.8, 4) is 0 Å². The van der Waals surface area contributed by atoms with Crippen LogP contribution in [0.25, 0.3) is 0 Å². The van der Waals surface area contributed by atoms with E-state index in [2.05, 4.69) is 9.88 Å². The predicted molar refractivity (Wildman–Crippen MR) is 171 cm³/mol. The number of hydrogen-bond acceptors (Lipinski definition) is 5. The lowest BCUT2D eigenvalue weighted by atomic mass is 9.77. The molecule has 1 saturated heterocycles. The molecule has 1 aliphatic carbocycles. The molecule has 6 nitrogen and oxygen atoms in total. The number of carboxylic acids is 1. The van der Waals surface area contributed by atoms with Crippen LogP contribution < -0.4 is 0 Å². The van der Waals surface area contributed by atoms with Gasteiger partial charge in [-0.2, -0.15) is 8.78 Å². The summed E-state index contributed by atoms with van der Waals surface area (Å²) in [6.45, 7) is 6.19. The summed E-state index contributed by atoms with van der Waals surface area (Å²) in [7, 11) is 3.23. The summed E-state index contributed by atoms with van der Waals surface area (Å²) in [6, 6.07) is 6.33. The van der Waals surface area contributed by atoms with E-state index in [1.54, 1.807) is 19.3 Å². The van der Waals surface area contributed by atoms with Crippen molar-refractivity contribution in [2.45, 2.75) is 107 Å². The minimum absolute atomic E-state index is 0.0382. The third-order valence-corrected chi connectivity index (χ3v) is 9.68. The van der Waals surface area contributed by atoms with Gasteiger partial charge in [0.05, 0.1) is 6.10 Å². The largest absolute Gasteiger partial charge is 0.480 e. The molecule has 1 aliphatic heterocycles. The van der Waals surface area contributed by atoms with Crippen molar-refractivity contribution in [3.05, 3.63) is 64.5 Å². The molecule has 2 heterocycles. The lowest BCUT2D eigenvalue weighted by Gasteiger charge is -2.35. The van der Waals surface area contributed by atoms with Crippen LogP contribution in [0.2, 0.25) is 0 Å². The standard InChI is InChI=1S/C34H48F4N3O3P/c1-23-8-7-9-29(30(23)25-10-12-28(13-11-25)44-34(37,38)45)31(32(42)43)40(3)18-14-24(15-19-41-16-5-4-6-17-41)26-20-27(22-39-21-26)33(2,35)36/h7-9,20-22,24-25,28,31H,4-6,10-19,45H2,1-3H3,(H,42,43). The summed E-state index contributed by atoms with van der Waals surface area (Å²) in [5.74, 6) is -7.27. The van der Waals surface area contributed by atoms with E-state index < -0.39 is 29.9 Å². The molecule has 45 heavy (non-hydrogen) atoms. The second kappa shape index (κ2) is 15.6. The van der Waals surface area contributed by atoms with Crippen LogP contribution in [-0.2, 0) is 15.5 Å². The number of rotatable bonds is 14. The molecular formula is C34H48F4N3O3P. The molecule has 250 valence electrons. The first kappa shape index (κ1) is 35.7. The van der Waals surface area contributed by atoms with Gasteiger partial charge in [0.25, 0.3) is 5.92 Å². The summed E-state index contributed by atoms with van der Waals surface area (Å²) in [4.78, 5) is 21.3. The second-order valence-electron chi connectivity index (χ2n) is 13.0. The number of piperidine rings is 1. The molecule has 3 atom stereocenters. The van der Waals surface area contributed by atoms with E-state index in [1.165, 1.54) is 21.9 Å². The van der Waals surface area contributed by atoms with Gasteiger partial charge in [0.1, 0.15) is 6.04 Å². The number of aromatic nitrogens is 1. The molecule has 0 spiro atoms. The average molecular weight is 654 g/mol. The lowest BCUT2D eigenvalue weighted by Crippen LogP contribution is -2.35. The zero-order chi connectivity index (χ0) is 32.8. The molecule has 2 aromatic rings. The highest BCUT2D eigenvalue weighted by molar-refractivity contribution is 7.17. The Bertz CT molecular complexity index is 1260. The third-order valence-electron chi connectivity index (χ3n) is 9.54. The van der Waals surface area contributed by atoms with E-state index in [-0.39, 0.29) is 17.4 Å². The number of aliphatic carboxylic acids is 1. The summed E-state index contributed by atoms with van der Waals surface area (Å²) in [5.41, 5.74) is 3.29. The molecule has 3 unspecified atom stereocenters. The summed E-state index contributed by atoms with van der Waals surface area (Å²) in [6.07, 6.45) is 9.42. The highest BCUT2D eigenvalue weighted by atomic mass is 31.0. The molecule has 1 aromatic carbocycles. The maximum Gasteiger partial charge on any atom is 0.367 e. The van der Waals surface area contributed by atoms with Crippen LogP contribution in [-0.4, -0.2) is 71.0 Å². The van der Waals surface area contributed by atoms with Gasteiger partial charge in [0.2, 0.25) is 0 Å². The Morgan fingerprint density at radius 3 is 2.42 bits per heavy atom. The maximum absolute atomic E-state index is 14.2. The Labute approximate surface area is 267 Å². The Morgan fingerprint density at radius 1 is 1.11 bits per heavy atom. The summed E-state index contributed by atoms with van der Waals surface area (Å²) < 4.78 is 60.2. The Hall–Kier alpha value is -2.13. The molecule has 0 amide bonds. The summed E-state index contributed by atoms with van der Waals surface area (Å²) >= 11 is 0. The van der Waals surface area contributed by atoms with Crippen LogP contribution in [0.3, 0.4) is 0 Å². The number of likely N-dealkylation sites (N-methyl/N-ethyl adjacent to an activating group) is 1. The topological polar surface area (TPSA) is 65.9 Å². The van der Waals surface area contributed by atoms with Crippen molar-refractivity contribution in [2.24, 2.45) is 0 Å². The number of alkyl halides is 4. The highest BCUT2D eigenvalue weighted by Crippen LogP contribution is 2.42. The number of nitrogens with zero attached hydrogens (tertiary/aromatic N) is 3. The van der Waals surface area contributed by atoms with E-state index in [4.69, 9.17) is 4.74 Å². The number of likely N-dealkylation sites (tertiary alicyclic amines) is 1. The molecule has 1 N–H and O–H groups in total. The minimum Gasteiger partial charge on any atom is -0.480 e. The van der Waals surface area contributed by atoms with E-state index in [0.717, 1.165) is 62.5 Å². The van der Waals surface area contributed by atoms with Crippen LogP contribution in [0.1, 0.15) is 110 Å². The molecule has 0 bridgehead atoms. The monoisotopic (exact) mass is 653 g/mol. The maximum atomic E-state index is 14.2. The van der Waals surface area contributed by atoms with E-state index in [9.17, 15) is 27.5 Å². The van der Waals surface area contributed by atoms with Crippen molar-refractivity contribution >= 4 is 15.2 Å². The zero-order valence-electron chi connectivity index (χ0n) is 26.7. The van der Waals surface area contributed by atoms with E-state index in [0.29, 0.717) is 44.2 Å². The fourth-order valence-electron chi connectivity index (χ4n) is 7.16. The highest BCUT2D eigenvalue weighted by Gasteiger charge is 2.35. The Balaban J connectivity index is 1.53. The van der Waals surface area contributed by atoms with Gasteiger partial charge in [-0.05, 0) is 141 Å². The number of hydrogen-bond donors (Lipinski definition) is 1. The Morgan fingerprint density at radius 2 is 1.80 bits per heavy atom. The molecule has 4 rings (SSSR count). The third kappa shape index (κ3) is 10.2. The first-order valence-electron chi connectivity index (χ1n) is 16.2. The normalized spacial score (nSPS) is 21.5. The van der Waals surface area contributed by atoms with Gasteiger partial charge in [-0.15, -0.1) is 0 Å². The van der Waals surface area contributed by atoms with Crippen molar-refractivity contribution in [1.82, 2.24) is 14.8 Å². The predicted octanol–water partition coefficient (Wildman–Crippen LogP) is 8.08. The number of benzene rings is 1. The van der Waals surface area contributed by atoms with Gasteiger partial charge in [0, 0.05) is 24.9 Å². The Kier molecular flexibility index (Phi) is 12.4. The number of pyridine rings is 1. The van der Waals surface area contributed by atoms with Crippen molar-refractivity contribution in [2.75, 3.05) is 33.2 Å². The van der Waals surface area contributed by atoms with Gasteiger partial charge in [-0.1, -0.05) is 24.6 Å². The quantitative estimate of drug-likeness (QED) is 0.164. The van der Waals surface area contributed by atoms with Crippen LogP contribution in [0.15, 0.2) is 36.7 Å². The molecule has 2 aliphatic rings. The van der Waals surface area contributed by atoms with Crippen molar-refractivity contribution in [1.29, 1.82) is 0 Å². The number of carboxylic acid groups (broad SMARTS) is 1. The van der Waals surface area contributed by atoms with Crippen LogP contribution in [0.5, 0.6) is 0 Å². The first-order valence-corrected chi connectivity index (χ1v) is 16.7. The minimum atomic E-state index is -3.26. The van der Waals surface area contributed by atoms with Crippen LogP contribution >= 0.6 is 9.24 Å². The lowest BCUT2D eigenvalue weighted by molar-refractivity contribution is -0.200. The van der Waals surface area contributed by atoms with E-state index in [1.807, 2.05) is 30.0 Å². The molecule has 0 radical (unpaired) electrons. The fourth-order valence-corrected chi connectivity index (χ4v) is 7.35. The zero-order valence-corrected chi connectivity index (χ0v) is 27.8.